The smallest absolute Gasteiger partial charge is 0.323 e. The van der Waals surface area contributed by atoms with Gasteiger partial charge in [-0.25, -0.2) is 0 Å². The van der Waals surface area contributed by atoms with E-state index in [1.807, 2.05) is 17.9 Å². The molecule has 1 aliphatic rings. The zero-order chi connectivity index (χ0) is 15.4. The van der Waals surface area contributed by atoms with Crippen LogP contribution in [0.4, 0.5) is 0 Å². The lowest BCUT2D eigenvalue weighted by Gasteiger charge is -2.36. The molecule has 2 heterocycles. The fourth-order valence-electron chi connectivity index (χ4n) is 2.67. The molecule has 1 aromatic heterocycles. The van der Waals surface area contributed by atoms with Gasteiger partial charge >= 0.3 is 11.9 Å². The molecule has 116 valence electrons. The van der Waals surface area contributed by atoms with Crippen molar-refractivity contribution in [2.75, 3.05) is 20.8 Å². The normalized spacial score (nSPS) is 22.8. The molecule has 0 radical (unpaired) electrons. The lowest BCUT2D eigenvalue weighted by Crippen LogP contribution is -2.48. The summed E-state index contributed by atoms with van der Waals surface area (Å²) in [6.07, 6.45) is 1.05. The first kappa shape index (κ1) is 15.5. The molecule has 1 aliphatic heterocycles. The highest BCUT2D eigenvalue weighted by atomic mass is 16.5. The van der Waals surface area contributed by atoms with Crippen molar-refractivity contribution in [2.45, 2.75) is 32.4 Å². The number of esters is 2. The van der Waals surface area contributed by atoms with Gasteiger partial charge in [0.25, 0.3) is 0 Å². The lowest BCUT2D eigenvalue weighted by atomic mass is 9.90. The summed E-state index contributed by atoms with van der Waals surface area (Å²) in [5.74, 6) is -0.164. The third-order valence-electron chi connectivity index (χ3n) is 3.76. The number of hydrogen-bond donors (Lipinski definition) is 0. The first-order valence-electron chi connectivity index (χ1n) is 6.87. The van der Waals surface area contributed by atoms with Crippen molar-refractivity contribution in [3.8, 4) is 0 Å². The number of carbonyl (C=O) groups is 2. The molecule has 2 rings (SSSR count). The maximum atomic E-state index is 12.0. The Morgan fingerprint density at radius 1 is 1.38 bits per heavy atom. The van der Waals surface area contributed by atoms with Crippen molar-refractivity contribution >= 4 is 11.9 Å². The van der Waals surface area contributed by atoms with Crippen LogP contribution in [0.5, 0.6) is 0 Å². The molecule has 0 N–H and O–H groups in total. The zero-order valence-electron chi connectivity index (χ0n) is 12.5. The molecule has 0 spiro atoms. The minimum absolute atomic E-state index is 0.269. The second-order valence-electron chi connectivity index (χ2n) is 5.18. The van der Waals surface area contributed by atoms with Crippen LogP contribution in [0.2, 0.25) is 0 Å². The summed E-state index contributed by atoms with van der Waals surface area (Å²) < 4.78 is 14.7. The van der Waals surface area contributed by atoms with E-state index in [1.54, 1.807) is 0 Å². The number of nitrogens with zero attached hydrogens (tertiary/aromatic N) is 2. The molecule has 2 atom stereocenters. The fraction of sp³-hybridized carbons (Fsp3) is 0.643. The molecular weight excluding hydrogens is 276 g/mol. The molecule has 7 heteroatoms. The molecule has 7 nitrogen and oxygen atoms in total. The average molecular weight is 296 g/mol. The summed E-state index contributed by atoms with van der Waals surface area (Å²) in [4.78, 5) is 25.6. The second-order valence-corrected chi connectivity index (χ2v) is 5.18. The van der Waals surface area contributed by atoms with Crippen molar-refractivity contribution in [3.63, 3.8) is 0 Å². The van der Waals surface area contributed by atoms with E-state index >= 15 is 0 Å². The van der Waals surface area contributed by atoms with Crippen LogP contribution in [0.3, 0.4) is 0 Å². The standard InChI is InChI=1S/C14H20N2O5/c1-9-6-11(15-21-9)8-16-5-4-10(13(17)19-2)7-12(16)14(18)20-3/h6,10,12H,4-5,7-8H2,1-3H3. The molecule has 2 unspecified atom stereocenters. The van der Waals surface area contributed by atoms with Crippen molar-refractivity contribution < 1.29 is 23.6 Å². The first-order chi connectivity index (χ1) is 10.0. The maximum absolute atomic E-state index is 12.0. The highest BCUT2D eigenvalue weighted by Crippen LogP contribution is 2.26. The second kappa shape index (κ2) is 6.71. The molecule has 21 heavy (non-hydrogen) atoms. The van der Waals surface area contributed by atoms with Crippen LogP contribution in [0.25, 0.3) is 0 Å². The number of carbonyl (C=O) groups excluding carboxylic acids is 2. The fourth-order valence-corrected chi connectivity index (χ4v) is 2.67. The van der Waals surface area contributed by atoms with Gasteiger partial charge in [-0.15, -0.1) is 0 Å². The van der Waals surface area contributed by atoms with Crippen LogP contribution < -0.4 is 0 Å². The van der Waals surface area contributed by atoms with Gasteiger partial charge in [0.2, 0.25) is 0 Å². The highest BCUT2D eigenvalue weighted by Gasteiger charge is 2.37. The predicted octanol–water partition coefficient (Wildman–Crippen LogP) is 0.910. The lowest BCUT2D eigenvalue weighted by molar-refractivity contribution is -0.154. The molecule has 0 bridgehead atoms. The van der Waals surface area contributed by atoms with Crippen LogP contribution >= 0.6 is 0 Å². The van der Waals surface area contributed by atoms with Crippen molar-refractivity contribution in [3.05, 3.63) is 17.5 Å². The Balaban J connectivity index is 2.09. The number of piperidine rings is 1. The van der Waals surface area contributed by atoms with E-state index in [0.29, 0.717) is 25.9 Å². The average Bonchev–Trinajstić information content (AvgIpc) is 2.91. The number of aryl methyl sites for hydroxylation is 1. The molecular formula is C14H20N2O5. The summed E-state index contributed by atoms with van der Waals surface area (Å²) >= 11 is 0. The Kier molecular flexibility index (Phi) is 4.95. The summed E-state index contributed by atoms with van der Waals surface area (Å²) in [5.41, 5.74) is 0.762. The number of hydrogen-bond acceptors (Lipinski definition) is 7. The highest BCUT2D eigenvalue weighted by molar-refractivity contribution is 5.78. The molecule has 0 saturated carbocycles. The van der Waals surface area contributed by atoms with Gasteiger partial charge in [0.1, 0.15) is 11.8 Å². The van der Waals surface area contributed by atoms with E-state index in [2.05, 4.69) is 5.16 Å². The Morgan fingerprint density at radius 2 is 2.10 bits per heavy atom. The summed E-state index contributed by atoms with van der Waals surface area (Å²) in [6, 6.07) is 1.37. The topological polar surface area (TPSA) is 81.9 Å². The molecule has 1 saturated heterocycles. The maximum Gasteiger partial charge on any atom is 0.323 e. The number of likely N-dealkylation sites (tertiary alicyclic amines) is 1. The molecule has 0 aromatic carbocycles. The van der Waals surface area contributed by atoms with E-state index in [1.165, 1.54) is 14.2 Å². The van der Waals surface area contributed by atoms with Gasteiger partial charge in [-0.1, -0.05) is 5.16 Å². The number of rotatable bonds is 4. The Bertz CT molecular complexity index is 513. The monoisotopic (exact) mass is 296 g/mol. The Hall–Kier alpha value is -1.89. The van der Waals surface area contributed by atoms with E-state index in [0.717, 1.165) is 11.5 Å². The van der Waals surface area contributed by atoms with E-state index in [9.17, 15) is 9.59 Å². The molecule has 1 aromatic rings. The number of ether oxygens (including phenoxy) is 2. The summed E-state index contributed by atoms with van der Waals surface area (Å²) in [6.45, 7) is 2.91. The van der Waals surface area contributed by atoms with Gasteiger partial charge in [-0.05, 0) is 19.8 Å². The molecule has 1 fully saturated rings. The molecule has 0 aliphatic carbocycles. The third-order valence-corrected chi connectivity index (χ3v) is 3.76. The zero-order valence-corrected chi connectivity index (χ0v) is 12.5. The quantitative estimate of drug-likeness (QED) is 0.764. The van der Waals surface area contributed by atoms with E-state index in [-0.39, 0.29) is 17.9 Å². The summed E-state index contributed by atoms with van der Waals surface area (Å²) in [5, 5.41) is 3.94. The van der Waals surface area contributed by atoms with Gasteiger partial charge in [-0.2, -0.15) is 0 Å². The van der Waals surface area contributed by atoms with Crippen molar-refractivity contribution in [1.29, 1.82) is 0 Å². The summed E-state index contributed by atoms with van der Waals surface area (Å²) in [7, 11) is 2.71. The van der Waals surface area contributed by atoms with Crippen molar-refractivity contribution in [1.82, 2.24) is 10.1 Å². The number of aromatic nitrogens is 1. The first-order valence-corrected chi connectivity index (χ1v) is 6.87. The van der Waals surface area contributed by atoms with Crippen LogP contribution in [0.1, 0.15) is 24.3 Å². The molecule has 0 amide bonds. The largest absolute Gasteiger partial charge is 0.469 e. The predicted molar refractivity (Wildman–Crippen MR) is 72.2 cm³/mol. The van der Waals surface area contributed by atoms with Gasteiger partial charge in [0.05, 0.1) is 25.8 Å². The number of methoxy groups -OCH3 is 2. The SMILES string of the molecule is COC(=O)C1CCN(Cc2cc(C)on2)C(C(=O)OC)C1. The van der Waals surface area contributed by atoms with Crippen LogP contribution in [-0.4, -0.2) is 48.8 Å². The van der Waals surface area contributed by atoms with Crippen LogP contribution in [0.15, 0.2) is 10.6 Å². The van der Waals surface area contributed by atoms with Crippen molar-refractivity contribution in [2.24, 2.45) is 5.92 Å². The van der Waals surface area contributed by atoms with Gasteiger partial charge in [-0.3, -0.25) is 14.5 Å². The van der Waals surface area contributed by atoms with E-state index < -0.39 is 6.04 Å². The van der Waals surface area contributed by atoms with Crippen LogP contribution in [-0.2, 0) is 25.6 Å². The van der Waals surface area contributed by atoms with Gasteiger partial charge in [0, 0.05) is 19.2 Å². The minimum atomic E-state index is -0.468. The van der Waals surface area contributed by atoms with Gasteiger partial charge < -0.3 is 14.0 Å². The third kappa shape index (κ3) is 3.60. The Labute approximate surface area is 123 Å². The van der Waals surface area contributed by atoms with Crippen LogP contribution in [0, 0.1) is 12.8 Å². The minimum Gasteiger partial charge on any atom is -0.469 e. The Morgan fingerprint density at radius 3 is 2.67 bits per heavy atom. The van der Waals surface area contributed by atoms with Gasteiger partial charge in [0.15, 0.2) is 0 Å². The van der Waals surface area contributed by atoms with E-state index in [4.69, 9.17) is 14.0 Å².